The second kappa shape index (κ2) is 27.7. The van der Waals surface area contributed by atoms with E-state index in [0.29, 0.717) is 55.6 Å². The number of aliphatic hydroxyl groups is 1. The van der Waals surface area contributed by atoms with E-state index in [4.69, 9.17) is 24.7 Å². The summed E-state index contributed by atoms with van der Waals surface area (Å²) in [4.78, 5) is 63.1. The quantitative estimate of drug-likeness (QED) is 0.0296. The molecule has 3 heterocycles. The van der Waals surface area contributed by atoms with Crippen molar-refractivity contribution < 1.29 is 56.4 Å². The smallest absolute Gasteiger partial charge is 0.264 e. The Balaban J connectivity index is 1.03. The average molecular weight is 1020 g/mol. The number of ether oxygens (including phenoxy) is 4. The Hall–Kier alpha value is -5.28. The number of amides is 5. The van der Waals surface area contributed by atoms with E-state index in [0.717, 1.165) is 24.8 Å². The molecule has 3 fully saturated rings. The summed E-state index contributed by atoms with van der Waals surface area (Å²) in [6, 6.07) is 12.5. The average Bonchev–Trinajstić information content (AvgIpc) is 4.11. The van der Waals surface area contributed by atoms with Gasteiger partial charge < -0.3 is 51.1 Å². The van der Waals surface area contributed by atoms with Crippen LogP contribution in [-0.2, 0) is 65.9 Å². The lowest BCUT2D eigenvalue weighted by Gasteiger charge is -2.39. The number of anilines is 1. The van der Waals surface area contributed by atoms with Crippen molar-refractivity contribution in [1.82, 2.24) is 20.7 Å². The molecule has 3 aliphatic heterocycles. The predicted molar refractivity (Wildman–Crippen MR) is 273 cm³/mol. The number of hydrogen-bond acceptors (Lipinski definition) is 13. The zero-order valence-electron chi connectivity index (χ0n) is 42.5. The number of benzene rings is 2. The molecule has 9 atom stereocenters. The van der Waals surface area contributed by atoms with Crippen molar-refractivity contribution >= 4 is 45.2 Å². The molecule has 3 aliphatic rings. The molecular formula is C53H76N6O12S. The Kier molecular flexibility index (Phi) is 22.2. The van der Waals surface area contributed by atoms with Crippen LogP contribution in [0.3, 0.4) is 0 Å². The maximum absolute atomic E-state index is 13.2. The van der Waals surface area contributed by atoms with Crippen LogP contribution in [0.1, 0.15) is 110 Å². The van der Waals surface area contributed by atoms with Crippen LogP contribution in [0.4, 0.5) is 5.69 Å². The number of aliphatic hydroxyl groups excluding tert-OH is 1. The molecule has 5 amide bonds. The minimum atomic E-state index is -4.22. The lowest BCUT2D eigenvalue weighted by Crippen LogP contribution is -2.50. The van der Waals surface area contributed by atoms with E-state index in [1.54, 1.807) is 48.6 Å². The Labute approximate surface area is 424 Å². The molecule has 0 bridgehead atoms. The second-order valence-electron chi connectivity index (χ2n) is 19.5. The molecule has 72 heavy (non-hydrogen) atoms. The highest BCUT2D eigenvalue weighted by molar-refractivity contribution is 7.90. The van der Waals surface area contributed by atoms with Gasteiger partial charge in [-0.05, 0) is 109 Å². The minimum Gasteiger partial charge on any atom is -0.387 e. The molecule has 1 spiro atoms. The van der Waals surface area contributed by atoms with Gasteiger partial charge in [-0.25, -0.2) is 13.1 Å². The Bertz CT molecular complexity index is 2350. The van der Waals surface area contributed by atoms with Gasteiger partial charge in [-0.1, -0.05) is 73.6 Å². The molecule has 3 saturated heterocycles. The first-order valence-electron chi connectivity index (χ1n) is 25.1. The summed E-state index contributed by atoms with van der Waals surface area (Å²) < 4.78 is 52.3. The number of carbonyl (C=O) groups excluding carboxylic acids is 5. The number of unbranched alkanes of at least 4 members (excludes halogenated alkanes) is 2. The Morgan fingerprint density at radius 3 is 2.36 bits per heavy atom. The number of aryl methyl sites for hydroxylation is 1. The summed E-state index contributed by atoms with van der Waals surface area (Å²) in [7, 11) is -4.22. The Morgan fingerprint density at radius 2 is 1.65 bits per heavy atom. The largest absolute Gasteiger partial charge is 0.387 e. The monoisotopic (exact) mass is 1020 g/mol. The number of rotatable bonds is 26. The van der Waals surface area contributed by atoms with Crippen molar-refractivity contribution in [2.45, 2.75) is 172 Å². The molecule has 19 heteroatoms. The summed E-state index contributed by atoms with van der Waals surface area (Å²) in [5.74, 6) is -1.70. The minimum absolute atomic E-state index is 0.0132. The van der Waals surface area contributed by atoms with E-state index in [-0.39, 0.29) is 91.3 Å². The van der Waals surface area contributed by atoms with Crippen molar-refractivity contribution in [3.63, 3.8) is 0 Å². The molecule has 0 radical (unpaired) electrons. The Morgan fingerprint density at radius 1 is 0.917 bits per heavy atom. The number of hydrogen-bond donors (Lipinski definition) is 7. The third-order valence-electron chi connectivity index (χ3n) is 12.9. The van der Waals surface area contributed by atoms with E-state index in [1.165, 1.54) is 18.2 Å². The number of para-hydroxylation sites is 1. The van der Waals surface area contributed by atoms with Gasteiger partial charge >= 0.3 is 0 Å². The lowest BCUT2D eigenvalue weighted by atomic mass is 9.87. The highest BCUT2D eigenvalue weighted by Crippen LogP contribution is 2.43. The highest BCUT2D eigenvalue weighted by atomic mass is 32.2. The van der Waals surface area contributed by atoms with Gasteiger partial charge in [0.05, 0.1) is 61.0 Å². The zero-order valence-corrected chi connectivity index (χ0v) is 43.3. The number of allylic oxidation sites excluding steroid dienone is 2. The van der Waals surface area contributed by atoms with Crippen LogP contribution in [0.5, 0.6) is 0 Å². The van der Waals surface area contributed by atoms with Crippen LogP contribution in [0.15, 0.2) is 89.4 Å². The predicted octanol–water partition coefficient (Wildman–Crippen LogP) is 4.55. The van der Waals surface area contributed by atoms with Crippen molar-refractivity contribution in [1.29, 1.82) is 0 Å². The number of carbonyl (C=O) groups is 5. The molecule has 0 unspecified atom stereocenters. The SMILES string of the molecule is CC(/C=C/[C@H]1O[C@H](CC(=O)NCc2ccc(S(=O)(=O)NC(=O)CCc3ccccc3NC(=O)CNC(=O)CCCCCN)cc2)C[C@@]2(CO2)[C@@H]1O)=C\C[C@@H]1O[C@H](C)[C@H](NC(=O)/C=C\[C@H](C)OC(C)C)C[C@@H]1C. The summed E-state index contributed by atoms with van der Waals surface area (Å²) in [6.07, 6.45) is 10.9. The number of nitrogens with one attached hydrogen (secondary N) is 5. The molecule has 2 aromatic carbocycles. The van der Waals surface area contributed by atoms with Gasteiger partial charge in [0.1, 0.15) is 17.8 Å². The van der Waals surface area contributed by atoms with E-state index in [9.17, 15) is 37.5 Å². The lowest BCUT2D eigenvalue weighted by molar-refractivity contribution is -0.145. The summed E-state index contributed by atoms with van der Waals surface area (Å²) in [5.41, 5.74) is 7.32. The third kappa shape index (κ3) is 18.6. The van der Waals surface area contributed by atoms with Crippen LogP contribution in [0.2, 0.25) is 0 Å². The van der Waals surface area contributed by atoms with Gasteiger partial charge in [-0.3, -0.25) is 24.0 Å². The third-order valence-corrected chi connectivity index (χ3v) is 14.3. The second-order valence-corrected chi connectivity index (χ2v) is 21.1. The van der Waals surface area contributed by atoms with Crippen LogP contribution >= 0.6 is 0 Å². The molecule has 0 aliphatic carbocycles. The molecule has 5 rings (SSSR count). The van der Waals surface area contributed by atoms with Crippen molar-refractivity contribution in [3.8, 4) is 0 Å². The van der Waals surface area contributed by atoms with Crippen molar-refractivity contribution in [3.05, 3.63) is 95.6 Å². The number of nitrogens with two attached hydrogens (primary N) is 1. The molecule has 2 aromatic rings. The van der Waals surface area contributed by atoms with Crippen molar-refractivity contribution in [2.75, 3.05) is 25.0 Å². The molecule has 0 aromatic heterocycles. The number of sulfonamides is 1. The van der Waals surface area contributed by atoms with Gasteiger partial charge in [0, 0.05) is 37.6 Å². The van der Waals surface area contributed by atoms with Crippen LogP contribution in [-0.4, -0.2) is 117 Å². The molecular weight excluding hydrogens is 945 g/mol. The molecule has 0 saturated carbocycles. The van der Waals surface area contributed by atoms with Crippen LogP contribution < -0.4 is 31.7 Å². The fraction of sp³-hybridized carbons (Fsp3) is 0.566. The fourth-order valence-electron chi connectivity index (χ4n) is 8.76. The maximum Gasteiger partial charge on any atom is 0.264 e. The first-order chi connectivity index (χ1) is 34.2. The molecule has 18 nitrogen and oxygen atoms in total. The van der Waals surface area contributed by atoms with Gasteiger partial charge in [0.2, 0.25) is 29.5 Å². The van der Waals surface area contributed by atoms with Crippen LogP contribution in [0.25, 0.3) is 0 Å². The summed E-state index contributed by atoms with van der Waals surface area (Å²) in [5, 5.41) is 22.4. The van der Waals surface area contributed by atoms with E-state index >= 15 is 0 Å². The van der Waals surface area contributed by atoms with E-state index in [1.807, 2.05) is 40.7 Å². The van der Waals surface area contributed by atoms with Gasteiger partial charge in [-0.2, -0.15) is 0 Å². The first-order valence-corrected chi connectivity index (χ1v) is 26.6. The molecule has 396 valence electrons. The maximum atomic E-state index is 13.2. The summed E-state index contributed by atoms with van der Waals surface area (Å²) in [6.45, 7) is 12.7. The van der Waals surface area contributed by atoms with E-state index in [2.05, 4.69) is 39.0 Å². The van der Waals surface area contributed by atoms with Gasteiger partial charge in [-0.15, -0.1) is 0 Å². The number of epoxide rings is 1. The highest BCUT2D eigenvalue weighted by Gasteiger charge is 2.58. The van der Waals surface area contributed by atoms with Gasteiger partial charge in [0.15, 0.2) is 0 Å². The topological polar surface area (TPSA) is 266 Å². The van der Waals surface area contributed by atoms with Crippen LogP contribution in [0, 0.1) is 5.92 Å². The fourth-order valence-corrected chi connectivity index (χ4v) is 9.78. The standard InChI is InChI=1S/C53H76N6O12S/c1-34(2)69-37(5)17-25-48(61)58-44-28-36(4)45(70-38(44)6)23-15-35(3)16-24-46-52(65)53(33-68-53)30-41(71-46)29-50(63)55-31-39-18-21-42(22-19-39)72(66,67)59-49(62)26-20-40-12-9-10-13-43(40)57-51(64)32-56-47(60)14-8-7-11-27-54/h9-10,12-13,15-19,21-22,24-25,34,36-38,41,44-46,52,65H,7-8,11,14,20,23,26-33,54H2,1-6H3,(H,55,63)(H,56,60)(H,57,64)(H,58,61)(H,59,62)/b24-16+,25-17-,35-15+/t36-,37-,38+,41+,44+,45-,46+,52+,53+/m0/s1. The van der Waals surface area contributed by atoms with Gasteiger partial charge in [0.25, 0.3) is 10.0 Å². The first kappa shape index (κ1) is 57.6. The van der Waals surface area contributed by atoms with E-state index < -0.39 is 45.8 Å². The zero-order chi connectivity index (χ0) is 52.4. The molecule has 8 N–H and O–H groups in total. The summed E-state index contributed by atoms with van der Waals surface area (Å²) >= 11 is 0. The normalized spacial score (nSPS) is 24.8. The van der Waals surface area contributed by atoms with Crippen molar-refractivity contribution in [2.24, 2.45) is 11.7 Å².